The number of aromatic nitrogens is 6. The molecule has 4 aliphatic heterocycles. The maximum absolute atomic E-state index is 12.9. The maximum Gasteiger partial charge on any atom is 0.325 e. The van der Waals surface area contributed by atoms with E-state index in [0.29, 0.717) is 33.3 Å². The van der Waals surface area contributed by atoms with Gasteiger partial charge in [-0.05, 0) is 60.4 Å². The lowest BCUT2D eigenvalue weighted by Crippen LogP contribution is -2.35. The summed E-state index contributed by atoms with van der Waals surface area (Å²) in [5.41, 5.74) is 3.70. The fourth-order valence-corrected chi connectivity index (χ4v) is 8.97. The van der Waals surface area contributed by atoms with Gasteiger partial charge in [-0.1, -0.05) is 23.2 Å². The zero-order valence-corrected chi connectivity index (χ0v) is 34.3. The van der Waals surface area contributed by atoms with Crippen LogP contribution in [0.2, 0.25) is 10.0 Å². The van der Waals surface area contributed by atoms with Crippen LogP contribution in [0.1, 0.15) is 0 Å². The van der Waals surface area contributed by atoms with Gasteiger partial charge in [-0.25, -0.2) is 19.3 Å². The predicted octanol–water partition coefficient (Wildman–Crippen LogP) is 5.21. The number of carboxylic acids is 1. The SMILES string of the molecule is COc1cc(N2CC3CN(C(=O)Cn4ncc5cccnc54)CC3C2)ccc1Cl.COc1cc(N2CC3CNCC3C2)ccc1Cl.O=C(O)Cn1ncc2cccnc21. The van der Waals surface area contributed by atoms with Crippen LogP contribution in [-0.2, 0) is 22.7 Å². The van der Waals surface area contributed by atoms with Gasteiger partial charge in [0, 0.05) is 111 Å². The molecule has 10 rings (SSSR count). The Balaban J connectivity index is 0.000000136. The van der Waals surface area contributed by atoms with Crippen molar-refractivity contribution in [1.82, 2.24) is 39.7 Å². The van der Waals surface area contributed by atoms with Gasteiger partial charge in [0.25, 0.3) is 0 Å². The molecule has 1 amide bonds. The minimum absolute atomic E-state index is 0.106. The first kappa shape index (κ1) is 40.2. The third kappa shape index (κ3) is 8.87. The lowest BCUT2D eigenvalue weighted by molar-refractivity contribution is -0.137. The Kier molecular flexibility index (Phi) is 12.0. The Hall–Kier alpha value is -5.64. The number of hydrogen-bond acceptors (Lipinski definition) is 11. The number of aliphatic carboxylic acids is 1. The second-order valence-corrected chi connectivity index (χ2v) is 16.1. The topological polar surface area (TPSA) is 156 Å². The molecule has 4 aromatic heterocycles. The average molecular weight is 842 g/mol. The number of benzene rings is 2. The van der Waals surface area contributed by atoms with Crippen molar-refractivity contribution in [2.24, 2.45) is 23.7 Å². The van der Waals surface area contributed by atoms with Crippen LogP contribution in [-0.4, -0.2) is 118 Å². The molecule has 4 fully saturated rings. The predicted molar refractivity (Wildman–Crippen MR) is 227 cm³/mol. The summed E-state index contributed by atoms with van der Waals surface area (Å²) in [7, 11) is 3.29. The number of nitrogens with zero attached hydrogens (tertiary/aromatic N) is 9. The molecular formula is C42H46Cl2N10O5. The molecule has 0 radical (unpaired) electrons. The number of hydrogen-bond donors (Lipinski definition) is 2. The van der Waals surface area contributed by atoms with Crippen LogP contribution in [0.25, 0.3) is 22.1 Å². The quantitative estimate of drug-likeness (QED) is 0.207. The number of carboxylic acid groups (broad SMARTS) is 1. The van der Waals surface area contributed by atoms with E-state index in [1.54, 1.807) is 49.8 Å². The number of carbonyl (C=O) groups is 2. The molecule has 4 atom stereocenters. The number of carbonyl (C=O) groups excluding carboxylic acids is 1. The van der Waals surface area contributed by atoms with Gasteiger partial charge in [-0.3, -0.25) is 9.59 Å². The summed E-state index contributed by atoms with van der Waals surface area (Å²) < 4.78 is 13.7. The van der Waals surface area contributed by atoms with Gasteiger partial charge < -0.3 is 34.6 Å². The molecule has 4 unspecified atom stereocenters. The summed E-state index contributed by atoms with van der Waals surface area (Å²) in [6.07, 6.45) is 6.70. The molecule has 8 heterocycles. The molecule has 4 saturated heterocycles. The van der Waals surface area contributed by atoms with Crippen molar-refractivity contribution in [3.8, 4) is 11.5 Å². The zero-order valence-electron chi connectivity index (χ0n) is 32.8. The van der Waals surface area contributed by atoms with E-state index >= 15 is 0 Å². The maximum atomic E-state index is 12.9. The van der Waals surface area contributed by atoms with Crippen molar-refractivity contribution in [3.05, 3.63) is 95.5 Å². The molecule has 6 aromatic rings. The fourth-order valence-electron chi connectivity index (χ4n) is 8.58. The average Bonchev–Trinajstić information content (AvgIpc) is 4.10. The highest BCUT2D eigenvalue weighted by atomic mass is 35.5. The largest absolute Gasteiger partial charge is 0.495 e. The summed E-state index contributed by atoms with van der Waals surface area (Å²) in [5.74, 6) is 3.21. The Bertz CT molecular complexity index is 2420. The third-order valence-electron chi connectivity index (χ3n) is 11.6. The minimum atomic E-state index is -0.921. The molecule has 308 valence electrons. The molecule has 0 saturated carbocycles. The first-order chi connectivity index (χ1) is 28.7. The van der Waals surface area contributed by atoms with E-state index in [2.05, 4.69) is 41.3 Å². The van der Waals surface area contributed by atoms with E-state index in [1.165, 1.54) is 10.4 Å². The van der Waals surface area contributed by atoms with Gasteiger partial charge in [-0.15, -0.1) is 0 Å². The lowest BCUT2D eigenvalue weighted by atomic mass is 10.0. The van der Waals surface area contributed by atoms with Gasteiger partial charge in [0.1, 0.15) is 24.6 Å². The van der Waals surface area contributed by atoms with Crippen LogP contribution in [0.5, 0.6) is 11.5 Å². The molecule has 0 aliphatic carbocycles. The van der Waals surface area contributed by atoms with Crippen LogP contribution in [0.3, 0.4) is 0 Å². The van der Waals surface area contributed by atoms with E-state index in [9.17, 15) is 9.59 Å². The van der Waals surface area contributed by atoms with Gasteiger partial charge in [0.15, 0.2) is 11.3 Å². The van der Waals surface area contributed by atoms with Crippen molar-refractivity contribution >= 4 is 68.5 Å². The third-order valence-corrected chi connectivity index (χ3v) is 12.2. The van der Waals surface area contributed by atoms with Gasteiger partial charge in [-0.2, -0.15) is 10.2 Å². The standard InChI is InChI=1S/C21H22ClN5O2.C13H17ClN2O.C8H7N3O2/c1-29-19-7-17(4-5-18(19)22)25-9-15-11-26(12-16(15)10-25)20(28)13-27-21-14(8-24-27)3-2-6-23-21;1-17-13-4-11(2-3-12(13)14)16-7-9-5-15-6-10(9)8-16;12-7(13)5-11-8-6(4-10-11)2-1-3-9-8/h2-8,15-16H,9-13H2,1H3;2-4,9-10,15H,5-8H2,1H3;1-4H,5H2,(H,12,13). The van der Waals surface area contributed by atoms with Gasteiger partial charge >= 0.3 is 5.97 Å². The number of methoxy groups -OCH3 is 2. The molecule has 2 aromatic carbocycles. The summed E-state index contributed by atoms with van der Waals surface area (Å²) in [5, 5.41) is 23.3. The van der Waals surface area contributed by atoms with Gasteiger partial charge in [0.2, 0.25) is 5.91 Å². The highest BCUT2D eigenvalue weighted by molar-refractivity contribution is 6.32. The Morgan fingerprint density at radius 3 is 1.64 bits per heavy atom. The second kappa shape index (κ2) is 17.7. The van der Waals surface area contributed by atoms with Crippen molar-refractivity contribution in [1.29, 1.82) is 0 Å². The minimum Gasteiger partial charge on any atom is -0.495 e. The molecule has 2 N–H and O–H groups in total. The number of nitrogens with one attached hydrogen (secondary N) is 1. The van der Waals surface area contributed by atoms with Crippen molar-refractivity contribution in [2.75, 3.05) is 76.4 Å². The number of anilines is 2. The molecular weight excluding hydrogens is 795 g/mol. The smallest absolute Gasteiger partial charge is 0.325 e. The van der Waals surface area contributed by atoms with Crippen molar-refractivity contribution < 1.29 is 24.2 Å². The van der Waals surface area contributed by atoms with E-state index in [0.717, 1.165) is 92.1 Å². The monoisotopic (exact) mass is 840 g/mol. The van der Waals surface area contributed by atoms with Crippen LogP contribution in [0.4, 0.5) is 11.4 Å². The molecule has 59 heavy (non-hydrogen) atoms. The summed E-state index contributed by atoms with van der Waals surface area (Å²) in [6, 6.07) is 19.4. The summed E-state index contributed by atoms with van der Waals surface area (Å²) >= 11 is 12.2. The number of halogens is 2. The number of likely N-dealkylation sites (tertiary alicyclic amines) is 1. The van der Waals surface area contributed by atoms with E-state index < -0.39 is 5.97 Å². The lowest BCUT2D eigenvalue weighted by Gasteiger charge is -2.24. The Labute approximate surface area is 351 Å². The summed E-state index contributed by atoms with van der Waals surface area (Å²) in [4.78, 5) is 38.4. The van der Waals surface area contributed by atoms with E-state index in [4.69, 9.17) is 37.8 Å². The molecule has 15 nitrogen and oxygen atoms in total. The first-order valence-corrected chi connectivity index (χ1v) is 20.3. The van der Waals surface area contributed by atoms with Crippen molar-refractivity contribution in [2.45, 2.75) is 13.1 Å². The van der Waals surface area contributed by atoms with Crippen LogP contribution in [0.15, 0.2) is 85.5 Å². The molecule has 17 heteroatoms. The highest BCUT2D eigenvalue weighted by Gasteiger charge is 2.42. The number of rotatable bonds is 8. The number of fused-ring (bicyclic) bond motifs is 4. The molecule has 0 spiro atoms. The summed E-state index contributed by atoms with van der Waals surface area (Å²) in [6.45, 7) is 8.13. The zero-order chi connectivity index (χ0) is 41.0. The number of ether oxygens (including phenoxy) is 2. The first-order valence-electron chi connectivity index (χ1n) is 19.6. The van der Waals surface area contributed by atoms with Crippen molar-refractivity contribution in [3.63, 3.8) is 0 Å². The normalized spacial score (nSPS) is 20.5. The van der Waals surface area contributed by atoms with Crippen LogP contribution >= 0.6 is 23.2 Å². The number of pyridine rings is 2. The Morgan fingerprint density at radius 1 is 0.695 bits per heavy atom. The van der Waals surface area contributed by atoms with E-state index in [1.807, 2.05) is 53.4 Å². The molecule has 4 aliphatic rings. The van der Waals surface area contributed by atoms with Crippen LogP contribution in [0, 0.1) is 23.7 Å². The second-order valence-electron chi connectivity index (χ2n) is 15.3. The Morgan fingerprint density at radius 2 is 1.17 bits per heavy atom. The van der Waals surface area contributed by atoms with Crippen LogP contribution < -0.4 is 24.6 Å². The fraction of sp³-hybridized carbons (Fsp3) is 0.381. The van der Waals surface area contributed by atoms with Gasteiger partial charge in [0.05, 0.1) is 36.7 Å². The highest BCUT2D eigenvalue weighted by Crippen LogP contribution is 2.37. The molecule has 0 bridgehead atoms. The van der Waals surface area contributed by atoms with E-state index in [-0.39, 0.29) is 19.0 Å². The number of amides is 1.